The van der Waals surface area contributed by atoms with Crippen LogP contribution in [0.2, 0.25) is 0 Å². The third-order valence-corrected chi connectivity index (χ3v) is 4.49. The van der Waals surface area contributed by atoms with Gasteiger partial charge in [0.05, 0.1) is 5.69 Å². The zero-order valence-corrected chi connectivity index (χ0v) is 17.2. The number of nitrogens with one attached hydrogen (secondary N) is 2. The fourth-order valence-corrected chi connectivity index (χ4v) is 2.96. The Morgan fingerprint density at radius 2 is 1.83 bits per heavy atom. The summed E-state index contributed by atoms with van der Waals surface area (Å²) in [5, 5.41) is 24.5. The Balaban J connectivity index is 1.69. The van der Waals surface area contributed by atoms with Crippen LogP contribution in [0.1, 0.15) is 39.2 Å². The van der Waals surface area contributed by atoms with Gasteiger partial charge in [0.15, 0.2) is 0 Å². The third kappa shape index (κ3) is 7.81. The van der Waals surface area contributed by atoms with Gasteiger partial charge in [-0.05, 0) is 63.8 Å². The Labute approximate surface area is 172 Å². The van der Waals surface area contributed by atoms with Crippen molar-refractivity contribution in [3.63, 3.8) is 0 Å². The van der Waals surface area contributed by atoms with Crippen molar-refractivity contribution < 1.29 is 9.53 Å². The number of hydrazone groups is 1. The van der Waals surface area contributed by atoms with Gasteiger partial charge < -0.3 is 15.0 Å². The summed E-state index contributed by atoms with van der Waals surface area (Å²) in [6.45, 7) is 8.76. The molecule has 154 valence electrons. The molecule has 0 saturated carbocycles. The predicted octanol–water partition coefficient (Wildman–Crippen LogP) is 3.24. The molecular weight excluding hydrogens is 368 g/mol. The molecule has 0 unspecified atom stereocenters. The topological polar surface area (TPSA) is 114 Å². The van der Waals surface area contributed by atoms with Crippen LogP contribution in [-0.2, 0) is 11.3 Å². The molecule has 1 aromatic rings. The van der Waals surface area contributed by atoms with Crippen molar-refractivity contribution in [1.82, 2.24) is 10.2 Å². The number of likely N-dealkylation sites (tertiary alicyclic amines) is 1. The van der Waals surface area contributed by atoms with Crippen LogP contribution in [0, 0.1) is 28.6 Å². The minimum absolute atomic E-state index is 0.214. The molecule has 1 heterocycles. The van der Waals surface area contributed by atoms with Gasteiger partial charge >= 0.3 is 6.09 Å². The fraction of sp³-hybridized carbons (Fsp3) is 0.524. The second kappa shape index (κ2) is 10.4. The number of amides is 1. The molecule has 0 radical (unpaired) electrons. The molecule has 1 fully saturated rings. The van der Waals surface area contributed by atoms with E-state index in [4.69, 9.17) is 15.3 Å². The molecule has 2 N–H and O–H groups in total. The first-order valence-corrected chi connectivity index (χ1v) is 9.72. The monoisotopic (exact) mass is 396 g/mol. The zero-order chi connectivity index (χ0) is 21.3. The number of benzene rings is 1. The number of carbonyl (C=O) groups is 1. The van der Waals surface area contributed by atoms with Crippen LogP contribution in [0.4, 0.5) is 10.5 Å². The molecule has 8 heteroatoms. The van der Waals surface area contributed by atoms with E-state index in [2.05, 4.69) is 15.8 Å². The Morgan fingerprint density at radius 3 is 2.38 bits per heavy atom. The van der Waals surface area contributed by atoms with E-state index < -0.39 is 5.60 Å². The SMILES string of the molecule is CC(C)(C)OC(=O)N1CCC(CNCc2ccc(NN=C(C#N)C#N)cc2)CC1. The van der Waals surface area contributed by atoms with Gasteiger partial charge in [0.25, 0.3) is 0 Å². The van der Waals surface area contributed by atoms with Crippen LogP contribution in [0.15, 0.2) is 29.4 Å². The molecule has 29 heavy (non-hydrogen) atoms. The van der Waals surface area contributed by atoms with Crippen molar-refractivity contribution in [1.29, 1.82) is 10.5 Å². The van der Waals surface area contributed by atoms with E-state index in [1.165, 1.54) is 0 Å². The first kappa shape index (κ1) is 22.2. The molecule has 0 bridgehead atoms. The molecule has 1 aromatic carbocycles. The quantitative estimate of drug-likeness (QED) is 0.564. The summed E-state index contributed by atoms with van der Waals surface area (Å²) < 4.78 is 5.43. The van der Waals surface area contributed by atoms with E-state index in [0.29, 0.717) is 11.6 Å². The summed E-state index contributed by atoms with van der Waals surface area (Å²) in [5.41, 5.74) is 3.86. The molecular formula is C21H28N6O2. The van der Waals surface area contributed by atoms with Gasteiger partial charge in [-0.15, -0.1) is 0 Å². The summed E-state index contributed by atoms with van der Waals surface area (Å²) in [6, 6.07) is 11.0. The number of ether oxygens (including phenoxy) is 1. The maximum Gasteiger partial charge on any atom is 0.410 e. The van der Waals surface area contributed by atoms with Crippen LogP contribution in [0.25, 0.3) is 0 Å². The third-order valence-electron chi connectivity index (χ3n) is 4.49. The van der Waals surface area contributed by atoms with Crippen molar-refractivity contribution in [2.24, 2.45) is 11.0 Å². The second-order valence-corrected chi connectivity index (χ2v) is 8.03. The van der Waals surface area contributed by atoms with Crippen LogP contribution >= 0.6 is 0 Å². The van der Waals surface area contributed by atoms with Gasteiger partial charge in [-0.25, -0.2) is 4.79 Å². The molecule has 1 amide bonds. The standard InChI is InChI=1S/C21H28N6O2/c1-21(2,3)29-20(28)27-10-8-17(9-11-27)15-24-14-16-4-6-18(7-5-16)25-26-19(12-22)13-23/h4-7,17,24-25H,8-11,14-15H2,1-3H3. The average Bonchev–Trinajstić information content (AvgIpc) is 2.69. The van der Waals surface area contributed by atoms with Gasteiger partial charge in [0, 0.05) is 19.6 Å². The number of hydrogen-bond acceptors (Lipinski definition) is 7. The van der Waals surface area contributed by atoms with Crippen molar-refractivity contribution in [2.45, 2.75) is 45.8 Å². The first-order chi connectivity index (χ1) is 13.8. The molecule has 1 aliphatic rings. The predicted molar refractivity (Wildman–Crippen MR) is 111 cm³/mol. The molecule has 1 saturated heterocycles. The molecule has 0 aliphatic carbocycles. The number of rotatable bonds is 6. The highest BCUT2D eigenvalue weighted by atomic mass is 16.6. The first-order valence-electron chi connectivity index (χ1n) is 9.72. The highest BCUT2D eigenvalue weighted by Crippen LogP contribution is 2.19. The highest BCUT2D eigenvalue weighted by molar-refractivity contribution is 6.10. The van der Waals surface area contributed by atoms with E-state index in [1.54, 1.807) is 17.0 Å². The van der Waals surface area contributed by atoms with Crippen molar-refractivity contribution >= 4 is 17.5 Å². The Hall–Kier alpha value is -3.10. The molecule has 0 spiro atoms. The van der Waals surface area contributed by atoms with E-state index in [1.807, 2.05) is 45.0 Å². The van der Waals surface area contributed by atoms with Gasteiger partial charge in [-0.2, -0.15) is 15.6 Å². The number of anilines is 1. The molecule has 0 atom stereocenters. The lowest BCUT2D eigenvalue weighted by Gasteiger charge is -2.33. The summed E-state index contributed by atoms with van der Waals surface area (Å²) >= 11 is 0. The van der Waals surface area contributed by atoms with E-state index in [9.17, 15) is 4.79 Å². The molecule has 8 nitrogen and oxygen atoms in total. The van der Waals surface area contributed by atoms with Crippen LogP contribution in [0.5, 0.6) is 0 Å². The van der Waals surface area contributed by atoms with Crippen LogP contribution < -0.4 is 10.7 Å². The smallest absolute Gasteiger partial charge is 0.410 e. The number of nitrogens with zero attached hydrogens (tertiary/aromatic N) is 4. The minimum atomic E-state index is -0.458. The average molecular weight is 396 g/mol. The number of nitriles is 2. The Bertz CT molecular complexity index is 774. The normalized spacial score (nSPS) is 14.4. The minimum Gasteiger partial charge on any atom is -0.444 e. The summed E-state index contributed by atoms with van der Waals surface area (Å²) in [7, 11) is 0. The lowest BCUT2D eigenvalue weighted by Crippen LogP contribution is -2.43. The Kier molecular flexibility index (Phi) is 7.99. The molecule has 1 aliphatic heterocycles. The van der Waals surface area contributed by atoms with Crippen LogP contribution in [0.3, 0.4) is 0 Å². The zero-order valence-electron chi connectivity index (χ0n) is 17.2. The van der Waals surface area contributed by atoms with Gasteiger partial charge in [0.1, 0.15) is 17.7 Å². The second-order valence-electron chi connectivity index (χ2n) is 8.03. The highest BCUT2D eigenvalue weighted by Gasteiger charge is 2.26. The number of hydrogen-bond donors (Lipinski definition) is 2. The van der Waals surface area contributed by atoms with E-state index in [-0.39, 0.29) is 11.8 Å². The lowest BCUT2D eigenvalue weighted by atomic mass is 9.97. The molecule has 0 aromatic heterocycles. The lowest BCUT2D eigenvalue weighted by molar-refractivity contribution is 0.0184. The molecule has 2 rings (SSSR count). The van der Waals surface area contributed by atoms with E-state index in [0.717, 1.165) is 44.6 Å². The van der Waals surface area contributed by atoms with Gasteiger partial charge in [-0.3, -0.25) is 5.43 Å². The maximum absolute atomic E-state index is 12.1. The summed E-state index contributed by atoms with van der Waals surface area (Å²) in [4.78, 5) is 13.9. The number of carbonyl (C=O) groups excluding carboxylic acids is 1. The van der Waals surface area contributed by atoms with E-state index >= 15 is 0 Å². The van der Waals surface area contributed by atoms with Crippen molar-refractivity contribution in [3.05, 3.63) is 29.8 Å². The fourth-order valence-electron chi connectivity index (χ4n) is 2.96. The summed E-state index contributed by atoms with van der Waals surface area (Å²) in [5.74, 6) is 0.541. The van der Waals surface area contributed by atoms with Crippen molar-refractivity contribution in [2.75, 3.05) is 25.1 Å². The largest absolute Gasteiger partial charge is 0.444 e. The van der Waals surface area contributed by atoms with Crippen molar-refractivity contribution in [3.8, 4) is 12.1 Å². The summed E-state index contributed by atoms with van der Waals surface area (Å²) in [6.07, 6.45) is 1.71. The van der Waals surface area contributed by atoms with Crippen LogP contribution in [-0.4, -0.2) is 41.9 Å². The maximum atomic E-state index is 12.1. The van der Waals surface area contributed by atoms with Gasteiger partial charge in [0.2, 0.25) is 5.71 Å². The number of piperidine rings is 1. The Morgan fingerprint density at radius 1 is 1.21 bits per heavy atom. The van der Waals surface area contributed by atoms with Gasteiger partial charge in [-0.1, -0.05) is 12.1 Å².